The van der Waals surface area contributed by atoms with Gasteiger partial charge in [0.1, 0.15) is 0 Å². The molecule has 0 spiro atoms. The molecule has 4 bridgehead atoms. The molecule has 2 atom stereocenters. The van der Waals surface area contributed by atoms with Crippen LogP contribution in [0, 0.1) is 28.6 Å². The molecular formula is C17H27ClN2O3. The van der Waals surface area contributed by atoms with E-state index in [4.69, 9.17) is 10.5 Å². The first-order chi connectivity index (χ1) is 10.5. The Morgan fingerprint density at radius 1 is 1.17 bits per heavy atom. The molecular weight excluding hydrogens is 316 g/mol. The molecule has 0 radical (unpaired) electrons. The van der Waals surface area contributed by atoms with Crippen LogP contribution < -0.4 is 11.1 Å². The number of methoxy groups -OCH3 is 1. The zero-order valence-corrected chi connectivity index (χ0v) is 14.5. The van der Waals surface area contributed by atoms with Gasteiger partial charge in [-0.2, -0.15) is 0 Å². The standard InChI is InChI=1S/C17H26N2O3.ClH/c1-22-15(21)17-6-10-4-11(7-17)13(12(5-10)8-17)19-14(20)16(9-18)2-3-16;/h10-13H,2-9,18H2,1H3,(H,19,20);1H. The van der Waals surface area contributed by atoms with Crippen molar-refractivity contribution in [1.82, 2.24) is 5.32 Å². The van der Waals surface area contributed by atoms with Crippen LogP contribution in [0.5, 0.6) is 0 Å². The molecule has 3 N–H and O–H groups in total. The molecule has 0 aromatic carbocycles. The third-order valence-electron chi connectivity index (χ3n) is 6.92. The Kier molecular flexibility index (Phi) is 4.16. The van der Waals surface area contributed by atoms with Gasteiger partial charge >= 0.3 is 5.97 Å². The lowest BCUT2D eigenvalue weighted by Crippen LogP contribution is -2.62. The molecule has 5 fully saturated rings. The summed E-state index contributed by atoms with van der Waals surface area (Å²) in [7, 11) is 1.50. The summed E-state index contributed by atoms with van der Waals surface area (Å²) in [5.41, 5.74) is 5.23. The van der Waals surface area contributed by atoms with E-state index in [9.17, 15) is 9.59 Å². The minimum Gasteiger partial charge on any atom is -0.469 e. The summed E-state index contributed by atoms with van der Waals surface area (Å²) in [6, 6.07) is 0.242. The highest BCUT2D eigenvalue weighted by Crippen LogP contribution is 2.60. The fraction of sp³-hybridized carbons (Fsp3) is 0.882. The molecule has 23 heavy (non-hydrogen) atoms. The van der Waals surface area contributed by atoms with Crippen LogP contribution in [-0.2, 0) is 14.3 Å². The van der Waals surface area contributed by atoms with Gasteiger partial charge in [-0.3, -0.25) is 9.59 Å². The van der Waals surface area contributed by atoms with Crippen LogP contribution >= 0.6 is 12.4 Å². The van der Waals surface area contributed by atoms with Crippen molar-refractivity contribution in [3.63, 3.8) is 0 Å². The molecule has 0 saturated heterocycles. The van der Waals surface area contributed by atoms with E-state index in [1.807, 2.05) is 0 Å². The van der Waals surface area contributed by atoms with Gasteiger partial charge in [0.15, 0.2) is 0 Å². The normalized spacial score (nSPS) is 41.8. The van der Waals surface area contributed by atoms with Crippen LogP contribution in [-0.4, -0.2) is 31.6 Å². The lowest BCUT2D eigenvalue weighted by molar-refractivity contribution is -0.171. The van der Waals surface area contributed by atoms with Gasteiger partial charge < -0.3 is 15.8 Å². The van der Waals surface area contributed by atoms with E-state index in [-0.39, 0.29) is 41.2 Å². The summed E-state index contributed by atoms with van der Waals surface area (Å²) in [4.78, 5) is 24.8. The van der Waals surface area contributed by atoms with Crippen LogP contribution in [0.15, 0.2) is 0 Å². The molecule has 0 aliphatic heterocycles. The quantitative estimate of drug-likeness (QED) is 0.761. The van der Waals surface area contributed by atoms with Crippen LogP contribution in [0.1, 0.15) is 44.9 Å². The molecule has 5 aliphatic carbocycles. The van der Waals surface area contributed by atoms with Gasteiger partial charge in [0, 0.05) is 12.6 Å². The smallest absolute Gasteiger partial charge is 0.311 e. The van der Waals surface area contributed by atoms with Crippen molar-refractivity contribution < 1.29 is 14.3 Å². The van der Waals surface area contributed by atoms with E-state index in [1.165, 1.54) is 7.11 Å². The molecule has 1 amide bonds. The number of hydrogen-bond acceptors (Lipinski definition) is 4. The maximum atomic E-state index is 12.5. The minimum absolute atomic E-state index is 0. The lowest BCUT2D eigenvalue weighted by Gasteiger charge is -2.58. The van der Waals surface area contributed by atoms with E-state index in [1.54, 1.807) is 0 Å². The zero-order valence-electron chi connectivity index (χ0n) is 13.7. The maximum Gasteiger partial charge on any atom is 0.311 e. The third kappa shape index (κ3) is 2.47. The van der Waals surface area contributed by atoms with Gasteiger partial charge in [-0.1, -0.05) is 0 Å². The lowest BCUT2D eigenvalue weighted by atomic mass is 9.48. The number of ether oxygens (including phenoxy) is 1. The first kappa shape index (κ1) is 17.0. The highest BCUT2D eigenvalue weighted by molar-refractivity contribution is 5.86. The number of nitrogens with one attached hydrogen (secondary N) is 1. The van der Waals surface area contributed by atoms with Gasteiger partial charge in [0.05, 0.1) is 17.9 Å². The van der Waals surface area contributed by atoms with Crippen molar-refractivity contribution >= 4 is 24.3 Å². The number of amides is 1. The third-order valence-corrected chi connectivity index (χ3v) is 6.92. The van der Waals surface area contributed by atoms with Gasteiger partial charge in [-0.05, 0) is 62.7 Å². The molecule has 5 aliphatic rings. The van der Waals surface area contributed by atoms with E-state index in [2.05, 4.69) is 5.32 Å². The Hall–Kier alpha value is -0.810. The highest BCUT2D eigenvalue weighted by atomic mass is 35.5. The summed E-state index contributed by atoms with van der Waals surface area (Å²) in [5, 5.41) is 3.32. The van der Waals surface area contributed by atoms with Crippen LogP contribution in [0.25, 0.3) is 0 Å². The molecule has 0 aromatic heterocycles. The number of hydrogen-bond donors (Lipinski definition) is 2. The first-order valence-corrected chi connectivity index (χ1v) is 8.61. The summed E-state index contributed by atoms with van der Waals surface area (Å²) >= 11 is 0. The number of rotatable bonds is 4. The number of carbonyl (C=O) groups is 2. The fourth-order valence-electron chi connectivity index (χ4n) is 5.71. The zero-order chi connectivity index (χ0) is 15.5. The topological polar surface area (TPSA) is 81.4 Å². The number of nitrogens with two attached hydrogens (primary N) is 1. The Bertz CT molecular complexity index is 504. The van der Waals surface area contributed by atoms with Gasteiger partial charge in [-0.25, -0.2) is 0 Å². The summed E-state index contributed by atoms with van der Waals surface area (Å²) in [6.45, 7) is 0.454. The van der Waals surface area contributed by atoms with Gasteiger partial charge in [0.2, 0.25) is 5.91 Å². The van der Waals surface area contributed by atoms with Crippen molar-refractivity contribution in [1.29, 1.82) is 0 Å². The average Bonchev–Trinajstić information content (AvgIpc) is 3.30. The molecule has 6 heteroatoms. The van der Waals surface area contributed by atoms with E-state index < -0.39 is 0 Å². The van der Waals surface area contributed by atoms with E-state index in [0.29, 0.717) is 24.3 Å². The molecule has 5 rings (SSSR count). The van der Waals surface area contributed by atoms with Crippen molar-refractivity contribution in [2.75, 3.05) is 13.7 Å². The Morgan fingerprint density at radius 3 is 2.26 bits per heavy atom. The van der Waals surface area contributed by atoms with Crippen molar-refractivity contribution in [2.24, 2.45) is 34.3 Å². The number of carbonyl (C=O) groups excluding carboxylic acids is 2. The van der Waals surface area contributed by atoms with Crippen LogP contribution in [0.4, 0.5) is 0 Å². The first-order valence-electron chi connectivity index (χ1n) is 8.61. The SMILES string of the molecule is COC(=O)C12CC3CC(C1)C(NC(=O)C1(CN)CC1)C(C3)C2.Cl. The predicted molar refractivity (Wildman–Crippen MR) is 87.9 cm³/mol. The predicted octanol–water partition coefficient (Wildman–Crippen LogP) is 1.63. The van der Waals surface area contributed by atoms with Gasteiger partial charge in [0.25, 0.3) is 0 Å². The largest absolute Gasteiger partial charge is 0.469 e. The minimum atomic E-state index is -0.283. The van der Waals surface area contributed by atoms with E-state index >= 15 is 0 Å². The molecule has 130 valence electrons. The highest BCUT2D eigenvalue weighted by Gasteiger charge is 2.60. The molecule has 2 unspecified atom stereocenters. The monoisotopic (exact) mass is 342 g/mol. The average molecular weight is 343 g/mol. The van der Waals surface area contributed by atoms with Crippen molar-refractivity contribution in [3.8, 4) is 0 Å². The molecule has 0 heterocycles. The second-order valence-corrected chi connectivity index (χ2v) is 8.23. The second kappa shape index (κ2) is 5.62. The molecule has 0 aromatic rings. The second-order valence-electron chi connectivity index (χ2n) is 8.23. The van der Waals surface area contributed by atoms with Crippen molar-refractivity contribution in [3.05, 3.63) is 0 Å². The van der Waals surface area contributed by atoms with Crippen LogP contribution in [0.3, 0.4) is 0 Å². The summed E-state index contributed by atoms with van der Waals surface area (Å²) in [6.07, 6.45) is 6.89. The fourth-order valence-corrected chi connectivity index (χ4v) is 5.71. The maximum absolute atomic E-state index is 12.5. The van der Waals surface area contributed by atoms with E-state index in [0.717, 1.165) is 44.9 Å². The number of esters is 1. The molecule has 5 nitrogen and oxygen atoms in total. The summed E-state index contributed by atoms with van der Waals surface area (Å²) in [5.74, 6) is 1.62. The van der Waals surface area contributed by atoms with Crippen LogP contribution in [0.2, 0.25) is 0 Å². The Labute approximate surface area is 143 Å². The summed E-state index contributed by atoms with van der Waals surface area (Å²) < 4.78 is 5.09. The Balaban J connectivity index is 0.00000156. The van der Waals surface area contributed by atoms with Gasteiger partial charge in [-0.15, -0.1) is 12.4 Å². The Morgan fingerprint density at radius 2 is 1.78 bits per heavy atom. The number of halogens is 1. The molecule has 5 saturated carbocycles. The van der Waals surface area contributed by atoms with Crippen molar-refractivity contribution in [2.45, 2.75) is 51.0 Å².